The van der Waals surface area contributed by atoms with E-state index in [-0.39, 0.29) is 44.0 Å². The van der Waals surface area contributed by atoms with Crippen LogP contribution in [0.15, 0.2) is 103 Å². The molecule has 0 radical (unpaired) electrons. The molecule has 11 heteroatoms. The summed E-state index contributed by atoms with van der Waals surface area (Å²) in [5, 5.41) is 35.0. The number of benzene rings is 4. The van der Waals surface area contributed by atoms with Crippen LogP contribution in [0.2, 0.25) is 0 Å². The summed E-state index contributed by atoms with van der Waals surface area (Å²) in [5.74, 6) is -0.638. The lowest BCUT2D eigenvalue weighted by Crippen LogP contribution is -2.49. The number of nitrogens with zero attached hydrogens (tertiary/aromatic N) is 3. The van der Waals surface area contributed by atoms with Crippen LogP contribution in [-0.2, 0) is 45.9 Å². The smallest absolute Gasteiger partial charge is 0.264 e. The van der Waals surface area contributed by atoms with Crippen molar-refractivity contribution in [1.82, 2.24) is 10.2 Å². The summed E-state index contributed by atoms with van der Waals surface area (Å²) in [4.78, 5) is 47.0. The van der Waals surface area contributed by atoms with Crippen LogP contribution in [0, 0.1) is 5.92 Å². The van der Waals surface area contributed by atoms with Gasteiger partial charge in [-0.15, -0.1) is 0 Å². The summed E-state index contributed by atoms with van der Waals surface area (Å²) in [7, 11) is 0. The van der Waals surface area contributed by atoms with Crippen molar-refractivity contribution in [2.75, 3.05) is 36.2 Å². The van der Waals surface area contributed by atoms with Crippen molar-refractivity contribution in [3.05, 3.63) is 131 Å². The van der Waals surface area contributed by atoms with E-state index in [1.807, 2.05) is 85.8 Å². The Morgan fingerprint density at radius 1 is 0.930 bits per heavy atom. The zero-order valence-corrected chi connectivity index (χ0v) is 32.6. The molecule has 0 spiro atoms. The number of carbonyl (C=O) groups is 3. The molecule has 3 amide bonds. The molecule has 0 aliphatic carbocycles. The van der Waals surface area contributed by atoms with Crippen molar-refractivity contribution in [3.63, 3.8) is 0 Å². The molecule has 4 N–H and O–H groups in total. The van der Waals surface area contributed by atoms with Gasteiger partial charge in [-0.3, -0.25) is 19.3 Å². The molecule has 4 aromatic carbocycles. The molecule has 0 aromatic heterocycles. The molecule has 298 valence electrons. The lowest BCUT2D eigenvalue weighted by Gasteiger charge is -2.36. The van der Waals surface area contributed by atoms with Crippen LogP contribution in [0.5, 0.6) is 5.75 Å². The van der Waals surface area contributed by atoms with Crippen LogP contribution in [0.25, 0.3) is 0 Å². The summed E-state index contributed by atoms with van der Waals surface area (Å²) in [6, 6.07) is 27.7. The molecule has 3 aliphatic heterocycles. The molecule has 0 bridgehead atoms. The Labute approximate surface area is 334 Å². The monoisotopic (exact) mass is 772 g/mol. The number of aliphatic hydroxyl groups excluding tert-OH is 2. The van der Waals surface area contributed by atoms with Gasteiger partial charge in [-0.2, -0.15) is 0 Å². The van der Waals surface area contributed by atoms with Gasteiger partial charge in [0.05, 0.1) is 43.2 Å². The van der Waals surface area contributed by atoms with Crippen molar-refractivity contribution in [1.29, 1.82) is 0 Å². The number of nitrogens with one attached hydrogen (secondary N) is 1. The first kappa shape index (κ1) is 39.9. The topological polar surface area (TPSA) is 143 Å². The number of aliphatic hydroxyl groups is 3. The Bertz CT molecular complexity index is 2140. The van der Waals surface area contributed by atoms with Crippen molar-refractivity contribution in [2.24, 2.45) is 5.92 Å². The maximum Gasteiger partial charge on any atom is 0.264 e. The van der Waals surface area contributed by atoms with Crippen LogP contribution in [0.3, 0.4) is 0 Å². The van der Waals surface area contributed by atoms with Crippen LogP contribution >= 0.6 is 0 Å². The van der Waals surface area contributed by atoms with Gasteiger partial charge in [0.25, 0.3) is 5.91 Å². The summed E-state index contributed by atoms with van der Waals surface area (Å²) in [5.41, 5.74) is 4.57. The molecule has 0 saturated carbocycles. The number of ether oxygens (including phenoxy) is 1. The minimum absolute atomic E-state index is 0.0652. The predicted molar refractivity (Wildman–Crippen MR) is 219 cm³/mol. The maximum absolute atomic E-state index is 14.4. The van der Waals surface area contributed by atoms with Gasteiger partial charge in [-0.05, 0) is 97.8 Å². The number of unbranched alkanes of at least 4 members (excludes halogenated alkanes) is 1. The molecule has 0 saturated heterocycles. The van der Waals surface area contributed by atoms with Gasteiger partial charge in [0.2, 0.25) is 11.8 Å². The van der Waals surface area contributed by atoms with Crippen LogP contribution in [-0.4, -0.2) is 76.4 Å². The number of hydrogen-bond acceptors (Lipinski definition) is 8. The molecular formula is C46H52N4O7. The average molecular weight is 773 g/mol. The number of carbonyl (C=O) groups excluding carboxylic acids is 3. The van der Waals surface area contributed by atoms with Gasteiger partial charge in [0.15, 0.2) is 5.60 Å². The number of hydrogen-bond donors (Lipinski definition) is 4. The first-order chi connectivity index (χ1) is 27.7. The number of fused-ring (bicyclic) bond motifs is 3. The summed E-state index contributed by atoms with van der Waals surface area (Å²) in [6.07, 6.45) is 5.98. The molecule has 11 nitrogen and oxygen atoms in total. The largest absolute Gasteiger partial charge is 0.494 e. The SMILES string of the molecule is CCOc1ccc2c(c1)CC(NCCCCO)C(=O)N2c1cccc(CN2C(=O)[C@@](O)([C@@H](C)/C=C/CC(=O)N3Cc4ccccc4C[C@H]3CO)c3ccccc32)c1. The van der Waals surface area contributed by atoms with E-state index >= 15 is 0 Å². The first-order valence-corrected chi connectivity index (χ1v) is 20.0. The van der Waals surface area contributed by atoms with Crippen molar-refractivity contribution in [3.8, 4) is 5.75 Å². The molecule has 7 rings (SSSR count). The van der Waals surface area contributed by atoms with Crippen LogP contribution in [0.4, 0.5) is 17.1 Å². The molecule has 3 aliphatic rings. The third-order valence-electron chi connectivity index (χ3n) is 11.5. The van der Waals surface area contributed by atoms with E-state index in [4.69, 9.17) is 4.74 Å². The molecule has 4 atom stereocenters. The lowest BCUT2D eigenvalue weighted by atomic mass is 9.83. The van der Waals surface area contributed by atoms with Crippen molar-refractivity contribution in [2.45, 2.75) is 76.7 Å². The van der Waals surface area contributed by atoms with E-state index in [2.05, 4.69) is 5.32 Å². The zero-order valence-electron chi connectivity index (χ0n) is 32.6. The fourth-order valence-corrected chi connectivity index (χ4v) is 8.43. The third kappa shape index (κ3) is 7.98. The maximum atomic E-state index is 14.4. The Hall–Kier alpha value is -5.33. The highest BCUT2D eigenvalue weighted by molar-refractivity contribution is 6.08. The summed E-state index contributed by atoms with van der Waals surface area (Å²) >= 11 is 0. The second kappa shape index (κ2) is 17.4. The first-order valence-electron chi connectivity index (χ1n) is 20.0. The van der Waals surface area contributed by atoms with Crippen molar-refractivity contribution >= 4 is 34.8 Å². The standard InChI is InChI=1S/C46H52N4O7/c1-3-57-38-20-21-41-35(26-38)27-40(47-22-8-9-23-51)44(54)50(41)36-16-11-13-32(24-36)28-49-42-18-7-6-17-39(42)46(56,45(49)55)31(2)12-10-19-43(53)48-29-34-15-5-4-14-33(34)25-37(48)30-52/h4-7,10-18,20-21,24,26,31,37,40,47,51-52,56H,3,8-9,19,22-23,25,27-30H2,1-2H3/b12-10+/t31-,37-,40?,46+/m0/s1. The molecule has 0 fully saturated rings. The van der Waals surface area contributed by atoms with Crippen molar-refractivity contribution < 1.29 is 34.4 Å². The van der Waals surface area contributed by atoms with Gasteiger partial charge in [0, 0.05) is 36.7 Å². The highest BCUT2D eigenvalue weighted by Gasteiger charge is 2.52. The zero-order chi connectivity index (χ0) is 40.1. The molecule has 3 heterocycles. The Kier molecular flexibility index (Phi) is 12.2. The average Bonchev–Trinajstić information content (AvgIpc) is 3.44. The molecule has 57 heavy (non-hydrogen) atoms. The van der Waals surface area contributed by atoms with Crippen LogP contribution < -0.4 is 19.9 Å². The van der Waals surface area contributed by atoms with Gasteiger partial charge in [0.1, 0.15) is 5.75 Å². The number of para-hydroxylation sites is 1. The number of anilines is 3. The predicted octanol–water partition coefficient (Wildman–Crippen LogP) is 5.30. The normalized spacial score (nSPS) is 20.8. The quantitative estimate of drug-likeness (QED) is 0.0943. The molecular weight excluding hydrogens is 721 g/mol. The van der Waals surface area contributed by atoms with Gasteiger partial charge < -0.3 is 35.2 Å². The van der Waals surface area contributed by atoms with Gasteiger partial charge in [-0.1, -0.05) is 73.7 Å². The van der Waals surface area contributed by atoms with E-state index in [0.717, 1.165) is 40.1 Å². The van der Waals surface area contributed by atoms with Gasteiger partial charge in [-0.25, -0.2) is 0 Å². The van der Waals surface area contributed by atoms with E-state index < -0.39 is 23.5 Å². The van der Waals surface area contributed by atoms with E-state index in [9.17, 15) is 29.7 Å². The third-order valence-corrected chi connectivity index (χ3v) is 11.5. The van der Waals surface area contributed by atoms with Crippen LogP contribution in [0.1, 0.15) is 60.9 Å². The Balaban J connectivity index is 1.10. The Morgan fingerprint density at radius 2 is 1.72 bits per heavy atom. The summed E-state index contributed by atoms with van der Waals surface area (Å²) < 4.78 is 5.79. The fourth-order valence-electron chi connectivity index (χ4n) is 8.43. The number of amides is 3. The lowest BCUT2D eigenvalue weighted by molar-refractivity contribution is -0.139. The highest BCUT2D eigenvalue weighted by atomic mass is 16.5. The summed E-state index contributed by atoms with van der Waals surface area (Å²) in [6.45, 7) is 5.36. The second-order valence-corrected chi connectivity index (χ2v) is 15.1. The number of rotatable bonds is 15. The van der Waals surface area contributed by atoms with E-state index in [1.54, 1.807) is 45.9 Å². The van der Waals surface area contributed by atoms with E-state index in [1.165, 1.54) is 0 Å². The van der Waals surface area contributed by atoms with E-state index in [0.29, 0.717) is 55.9 Å². The highest BCUT2D eigenvalue weighted by Crippen LogP contribution is 2.46. The Morgan fingerprint density at radius 3 is 2.51 bits per heavy atom. The second-order valence-electron chi connectivity index (χ2n) is 15.1. The van der Waals surface area contributed by atoms with Gasteiger partial charge >= 0.3 is 0 Å². The molecule has 4 aromatic rings. The molecule has 1 unspecified atom stereocenters. The minimum atomic E-state index is -1.87. The fraction of sp³-hybridized carbons (Fsp3) is 0.370. The minimum Gasteiger partial charge on any atom is -0.494 e.